The molecule has 162 valence electrons. The Morgan fingerprint density at radius 1 is 0.875 bits per heavy atom. The van der Waals surface area contributed by atoms with Crippen LogP contribution in [0.3, 0.4) is 0 Å². The van der Waals surface area contributed by atoms with Crippen molar-refractivity contribution in [3.8, 4) is 11.1 Å². The number of nitrogens with zero attached hydrogens (tertiary/aromatic N) is 2. The number of cyclic esters (lactones) is 1. The molecule has 0 aliphatic carbocycles. The number of carbonyl (C=O) groups is 2. The number of hydrogen-bond donors (Lipinski definition) is 0. The second-order valence-corrected chi connectivity index (χ2v) is 8.03. The first kappa shape index (κ1) is 20.3. The predicted molar refractivity (Wildman–Crippen MR) is 121 cm³/mol. The van der Waals surface area contributed by atoms with E-state index in [4.69, 9.17) is 9.57 Å². The zero-order valence-corrected chi connectivity index (χ0v) is 17.8. The summed E-state index contributed by atoms with van der Waals surface area (Å²) in [6.07, 6.45) is -0.992. The number of rotatable bonds is 4. The number of carbonyl (C=O) groups excluding carboxylic acids is 2. The maximum absolute atomic E-state index is 13.4. The number of hydrogen-bond acceptors (Lipinski definition) is 5. The molecule has 2 aliphatic rings. The van der Waals surface area contributed by atoms with Gasteiger partial charge in [-0.2, -0.15) is 0 Å². The van der Waals surface area contributed by atoms with E-state index >= 15 is 0 Å². The van der Waals surface area contributed by atoms with Gasteiger partial charge in [0.1, 0.15) is 6.61 Å². The number of imide groups is 1. The summed E-state index contributed by atoms with van der Waals surface area (Å²) in [5, 5.41) is 1.80. The van der Waals surface area contributed by atoms with E-state index in [2.05, 4.69) is 24.3 Å². The van der Waals surface area contributed by atoms with Crippen molar-refractivity contribution in [2.75, 3.05) is 18.2 Å². The van der Waals surface area contributed by atoms with Crippen LogP contribution in [0.25, 0.3) is 11.1 Å². The Morgan fingerprint density at radius 3 is 2.12 bits per heavy atom. The molecule has 2 amide bonds. The molecule has 0 spiro atoms. The molecule has 2 saturated heterocycles. The fourth-order valence-electron chi connectivity index (χ4n) is 4.46. The van der Waals surface area contributed by atoms with Gasteiger partial charge in [-0.1, -0.05) is 72.8 Å². The molecule has 5 rings (SSSR count). The molecule has 0 saturated carbocycles. The smallest absolute Gasteiger partial charge is 0.416 e. The van der Waals surface area contributed by atoms with Crippen LogP contribution in [0.5, 0.6) is 0 Å². The average Bonchev–Trinajstić information content (AvgIpc) is 3.43. The second kappa shape index (κ2) is 8.48. The molecule has 2 fully saturated rings. The Kier molecular flexibility index (Phi) is 5.37. The van der Waals surface area contributed by atoms with Crippen LogP contribution in [-0.2, 0) is 14.4 Å². The molecule has 2 heterocycles. The molecule has 0 unspecified atom stereocenters. The van der Waals surface area contributed by atoms with Crippen molar-refractivity contribution in [1.82, 2.24) is 4.90 Å². The fraction of sp³-hybridized carbons (Fsp3) is 0.231. The minimum atomic E-state index is -0.585. The van der Waals surface area contributed by atoms with E-state index in [1.165, 1.54) is 4.90 Å². The molecule has 0 radical (unpaired) electrons. The normalized spacial score (nSPS) is 22.8. The van der Waals surface area contributed by atoms with Crippen LogP contribution in [0, 0.1) is 5.92 Å². The van der Waals surface area contributed by atoms with Gasteiger partial charge in [0, 0.05) is 0 Å². The summed E-state index contributed by atoms with van der Waals surface area (Å²) in [6.45, 7) is 2.37. The van der Waals surface area contributed by atoms with E-state index in [1.807, 2.05) is 67.6 Å². The van der Waals surface area contributed by atoms with Crippen LogP contribution in [-0.4, -0.2) is 36.2 Å². The third kappa shape index (κ3) is 3.63. The standard InChI is InChI=1S/C26H24N2O4/c1-18-23(25(29)27-16-17-31-26(27)30)24(28(32-18)22-10-6-3-7-11-22)21-14-12-20(13-15-21)19-8-4-2-5-9-19/h2-15,18,23-24H,16-17H2,1H3/t18-,23-,24+/m1/s1. The van der Waals surface area contributed by atoms with E-state index in [9.17, 15) is 9.59 Å². The lowest BCUT2D eigenvalue weighted by atomic mass is 9.88. The fourth-order valence-corrected chi connectivity index (χ4v) is 4.46. The van der Waals surface area contributed by atoms with Crippen LogP contribution in [0.4, 0.5) is 10.5 Å². The summed E-state index contributed by atoms with van der Waals surface area (Å²) in [4.78, 5) is 32.9. The SMILES string of the molecule is C[C@H]1ON(c2ccccc2)[C@@H](c2ccc(-c3ccccc3)cc2)[C@@H]1C(=O)N1CCOC1=O. The molecule has 0 bridgehead atoms. The van der Waals surface area contributed by atoms with Gasteiger partial charge >= 0.3 is 6.09 Å². The van der Waals surface area contributed by atoms with Crippen molar-refractivity contribution in [3.63, 3.8) is 0 Å². The van der Waals surface area contributed by atoms with E-state index in [-0.39, 0.29) is 25.1 Å². The largest absolute Gasteiger partial charge is 0.447 e. The highest BCUT2D eigenvalue weighted by molar-refractivity contribution is 5.95. The average molecular weight is 428 g/mol. The molecule has 0 N–H and O–H groups in total. The maximum atomic E-state index is 13.4. The number of ether oxygens (including phenoxy) is 1. The van der Waals surface area contributed by atoms with Gasteiger partial charge in [-0.3, -0.25) is 9.63 Å². The van der Waals surface area contributed by atoms with E-state index < -0.39 is 18.1 Å². The highest BCUT2D eigenvalue weighted by Gasteiger charge is 2.49. The molecular weight excluding hydrogens is 404 g/mol. The Bertz CT molecular complexity index is 1100. The Balaban J connectivity index is 1.53. The molecule has 6 nitrogen and oxygen atoms in total. The van der Waals surface area contributed by atoms with Crippen molar-refractivity contribution in [2.24, 2.45) is 5.92 Å². The predicted octanol–water partition coefficient (Wildman–Crippen LogP) is 4.83. The summed E-state index contributed by atoms with van der Waals surface area (Å²) >= 11 is 0. The van der Waals surface area contributed by atoms with Crippen molar-refractivity contribution in [3.05, 3.63) is 90.5 Å². The molecule has 3 atom stereocenters. The molecule has 3 aromatic carbocycles. The van der Waals surface area contributed by atoms with Crippen LogP contribution >= 0.6 is 0 Å². The van der Waals surface area contributed by atoms with Gasteiger partial charge in [0.25, 0.3) is 0 Å². The van der Waals surface area contributed by atoms with Gasteiger partial charge in [-0.15, -0.1) is 0 Å². The van der Waals surface area contributed by atoms with Gasteiger partial charge in [0.15, 0.2) is 0 Å². The first-order valence-corrected chi connectivity index (χ1v) is 10.8. The number of para-hydroxylation sites is 1. The summed E-state index contributed by atoms with van der Waals surface area (Å²) < 4.78 is 5.01. The number of benzene rings is 3. The van der Waals surface area contributed by atoms with E-state index in [0.29, 0.717) is 0 Å². The number of anilines is 1. The van der Waals surface area contributed by atoms with Crippen LogP contribution in [0.15, 0.2) is 84.9 Å². The van der Waals surface area contributed by atoms with E-state index in [1.54, 1.807) is 5.06 Å². The molecule has 6 heteroatoms. The summed E-state index contributed by atoms with van der Waals surface area (Å²) in [5.74, 6) is -0.820. The first-order valence-electron chi connectivity index (χ1n) is 10.8. The third-order valence-corrected chi connectivity index (χ3v) is 6.06. The second-order valence-electron chi connectivity index (χ2n) is 8.03. The van der Waals surface area contributed by atoms with Crippen molar-refractivity contribution >= 4 is 17.7 Å². The molecule has 2 aliphatic heterocycles. The van der Waals surface area contributed by atoms with Crippen molar-refractivity contribution in [2.45, 2.75) is 19.1 Å². The minimum absolute atomic E-state index is 0.228. The number of hydroxylamine groups is 1. The van der Waals surface area contributed by atoms with Gasteiger partial charge in [0.2, 0.25) is 5.91 Å². The van der Waals surface area contributed by atoms with Crippen LogP contribution in [0.2, 0.25) is 0 Å². The Labute approximate surface area is 186 Å². The monoisotopic (exact) mass is 428 g/mol. The molecule has 32 heavy (non-hydrogen) atoms. The highest BCUT2D eigenvalue weighted by atomic mass is 16.7. The first-order chi connectivity index (χ1) is 15.6. The molecular formula is C26H24N2O4. The van der Waals surface area contributed by atoms with Crippen LogP contribution in [0.1, 0.15) is 18.5 Å². The minimum Gasteiger partial charge on any atom is -0.447 e. The number of amides is 2. The molecule has 0 aromatic heterocycles. The lowest BCUT2D eigenvalue weighted by Gasteiger charge is -2.28. The summed E-state index contributed by atoms with van der Waals surface area (Å²) in [6, 6.07) is 27.7. The van der Waals surface area contributed by atoms with Crippen molar-refractivity contribution < 1.29 is 19.2 Å². The lowest BCUT2D eigenvalue weighted by Crippen LogP contribution is -2.41. The highest BCUT2D eigenvalue weighted by Crippen LogP contribution is 2.43. The zero-order chi connectivity index (χ0) is 22.1. The van der Waals surface area contributed by atoms with Crippen LogP contribution < -0.4 is 5.06 Å². The lowest BCUT2D eigenvalue weighted by molar-refractivity contribution is -0.133. The van der Waals surface area contributed by atoms with Gasteiger partial charge in [0.05, 0.1) is 30.3 Å². The summed E-state index contributed by atoms with van der Waals surface area (Å²) in [7, 11) is 0. The Hall–Kier alpha value is -3.64. The zero-order valence-electron chi connectivity index (χ0n) is 17.8. The quantitative estimate of drug-likeness (QED) is 0.596. The van der Waals surface area contributed by atoms with Gasteiger partial charge in [-0.05, 0) is 35.7 Å². The van der Waals surface area contributed by atoms with Gasteiger partial charge < -0.3 is 4.74 Å². The molecule has 3 aromatic rings. The maximum Gasteiger partial charge on any atom is 0.416 e. The van der Waals surface area contributed by atoms with Gasteiger partial charge in [-0.25, -0.2) is 14.8 Å². The Morgan fingerprint density at radius 2 is 1.50 bits per heavy atom. The van der Waals surface area contributed by atoms with E-state index in [0.717, 1.165) is 22.4 Å². The third-order valence-electron chi connectivity index (χ3n) is 6.06. The van der Waals surface area contributed by atoms with Crippen molar-refractivity contribution in [1.29, 1.82) is 0 Å². The topological polar surface area (TPSA) is 59.1 Å². The summed E-state index contributed by atoms with van der Waals surface area (Å²) in [5.41, 5.74) is 4.03.